The number of hydrogen-bond donors (Lipinski definition) is 0. The minimum Gasteiger partial charge on any atom is -0.193 e. The van der Waals surface area contributed by atoms with E-state index in [9.17, 15) is 0 Å². The molecule has 0 aromatic heterocycles. The molecule has 0 N–H and O–H groups in total. The Morgan fingerprint density at radius 1 is 0.871 bits per heavy atom. The third kappa shape index (κ3) is 8.33. The second-order valence-electron chi connectivity index (χ2n) is 10.1. The third-order valence-corrected chi connectivity index (χ3v) is 7.77. The van der Waals surface area contributed by atoms with E-state index < -0.39 is 0 Å². The normalized spacial score (nSPS) is 27.0. The molecule has 1 heteroatoms. The van der Waals surface area contributed by atoms with Crippen molar-refractivity contribution in [3.05, 3.63) is 59.7 Å². The lowest BCUT2D eigenvalue weighted by Crippen LogP contribution is -2.14. The number of hydrogen-bond acceptors (Lipinski definition) is 1. The van der Waals surface area contributed by atoms with Gasteiger partial charge < -0.3 is 0 Å². The average molecular weight is 418 g/mol. The highest BCUT2D eigenvalue weighted by Crippen LogP contribution is 2.38. The summed E-state index contributed by atoms with van der Waals surface area (Å²) in [5.41, 5.74) is 3.09. The Kier molecular flexibility index (Phi) is 10.4. The second-order valence-corrected chi connectivity index (χ2v) is 10.1. The summed E-state index contributed by atoms with van der Waals surface area (Å²) in [7, 11) is 0. The lowest BCUT2D eigenvalue weighted by atomic mass is 9.76. The fraction of sp³-hybridized carbons (Fsp3) is 0.633. The van der Waals surface area contributed by atoms with E-state index in [0.29, 0.717) is 0 Å². The quantitative estimate of drug-likeness (QED) is 0.212. The Morgan fingerprint density at radius 3 is 2.13 bits per heavy atom. The molecule has 2 saturated carbocycles. The van der Waals surface area contributed by atoms with Crippen LogP contribution in [0.15, 0.2) is 48.6 Å². The molecule has 2 aliphatic rings. The van der Waals surface area contributed by atoms with Gasteiger partial charge >= 0.3 is 0 Å². The topological polar surface area (TPSA) is 23.8 Å². The van der Waals surface area contributed by atoms with E-state index in [1.165, 1.54) is 89.0 Å². The number of rotatable bonds is 10. The van der Waals surface area contributed by atoms with Crippen LogP contribution in [0.5, 0.6) is 0 Å². The number of nitrogens with zero attached hydrogens (tertiary/aromatic N) is 1. The fourth-order valence-corrected chi connectivity index (χ4v) is 5.63. The molecule has 1 nitrogen and oxygen atoms in total. The maximum atomic E-state index is 8.58. The van der Waals surface area contributed by atoms with Crippen molar-refractivity contribution in [3.63, 3.8) is 0 Å². The minimum absolute atomic E-state index is 0.778. The minimum atomic E-state index is 0.778. The van der Waals surface area contributed by atoms with Crippen LogP contribution in [0.4, 0.5) is 0 Å². The molecule has 3 rings (SSSR count). The van der Waals surface area contributed by atoms with Gasteiger partial charge in [-0.15, -0.1) is 0 Å². The maximum Gasteiger partial charge on any atom is 0.0908 e. The van der Waals surface area contributed by atoms with Gasteiger partial charge in [-0.25, -0.2) is 0 Å². The highest BCUT2D eigenvalue weighted by Gasteiger charge is 2.22. The number of benzene rings is 1. The second kappa shape index (κ2) is 13.6. The monoisotopic (exact) mass is 417 g/mol. The first-order chi connectivity index (χ1) is 15.3. The molecule has 0 radical (unpaired) electrons. The molecule has 0 bridgehead atoms. The summed E-state index contributed by atoms with van der Waals surface area (Å²) in [5.74, 6) is 3.27. The predicted octanol–water partition coefficient (Wildman–Crippen LogP) is 8.92. The number of unbranched alkanes of at least 4 members (excludes halogenated alkanes) is 2. The molecule has 31 heavy (non-hydrogen) atoms. The Bertz CT molecular complexity index is 704. The molecule has 0 atom stereocenters. The van der Waals surface area contributed by atoms with Gasteiger partial charge in [0.1, 0.15) is 0 Å². The van der Waals surface area contributed by atoms with Crippen LogP contribution < -0.4 is 0 Å². The Hall–Kier alpha value is -1.81. The van der Waals surface area contributed by atoms with Crippen LogP contribution in [-0.4, -0.2) is 0 Å². The van der Waals surface area contributed by atoms with Crippen molar-refractivity contribution in [1.82, 2.24) is 0 Å². The van der Waals surface area contributed by atoms with Gasteiger partial charge in [-0.2, -0.15) is 5.26 Å². The number of aryl methyl sites for hydroxylation is 1. The van der Waals surface area contributed by atoms with E-state index in [1.54, 1.807) is 11.6 Å². The Labute approximate surface area is 191 Å². The van der Waals surface area contributed by atoms with Crippen molar-refractivity contribution in [1.29, 1.82) is 5.26 Å². The van der Waals surface area contributed by atoms with Gasteiger partial charge in [-0.1, -0.05) is 62.3 Å². The zero-order valence-electron chi connectivity index (χ0n) is 19.8. The van der Waals surface area contributed by atoms with Gasteiger partial charge in [0.15, 0.2) is 0 Å². The van der Waals surface area contributed by atoms with Gasteiger partial charge in [0, 0.05) is 6.08 Å². The van der Waals surface area contributed by atoms with Crippen molar-refractivity contribution >= 4 is 0 Å². The Balaban J connectivity index is 1.34. The summed E-state index contributed by atoms with van der Waals surface area (Å²) in [5, 5.41) is 8.58. The number of allylic oxidation sites excluding steroid dienone is 4. The van der Waals surface area contributed by atoms with Crippen LogP contribution in [-0.2, 0) is 6.42 Å². The van der Waals surface area contributed by atoms with Crippen LogP contribution in [0, 0.1) is 29.1 Å². The molecule has 0 amide bonds. The van der Waals surface area contributed by atoms with Crippen molar-refractivity contribution in [2.24, 2.45) is 17.8 Å². The molecule has 0 aliphatic heterocycles. The molecule has 1 aromatic carbocycles. The zero-order valence-corrected chi connectivity index (χ0v) is 19.8. The molecule has 0 spiro atoms. The van der Waals surface area contributed by atoms with E-state index in [-0.39, 0.29) is 0 Å². The van der Waals surface area contributed by atoms with Gasteiger partial charge in [0.25, 0.3) is 0 Å². The molecule has 2 fully saturated rings. The first-order valence-electron chi connectivity index (χ1n) is 13.1. The molecular weight excluding hydrogens is 374 g/mol. The van der Waals surface area contributed by atoms with Crippen LogP contribution in [0.3, 0.4) is 0 Å². The lowest BCUT2D eigenvalue weighted by molar-refractivity contribution is 0.295. The summed E-state index contributed by atoms with van der Waals surface area (Å²) in [6.07, 6.45) is 27.3. The average Bonchev–Trinajstić information content (AvgIpc) is 2.82. The van der Waals surface area contributed by atoms with E-state index in [1.807, 2.05) is 6.08 Å². The van der Waals surface area contributed by atoms with E-state index in [0.717, 1.165) is 30.1 Å². The lowest BCUT2D eigenvalue weighted by Gasteiger charge is -2.29. The molecule has 1 aromatic rings. The van der Waals surface area contributed by atoms with Crippen molar-refractivity contribution < 1.29 is 0 Å². The van der Waals surface area contributed by atoms with Crippen molar-refractivity contribution in [3.8, 4) is 6.07 Å². The smallest absolute Gasteiger partial charge is 0.0908 e. The number of nitriles is 1. The SMILES string of the molecule is CCCCCc1ccc(C2CCC(/C=C/C3CCC(CCC=CC#N)CC3)CC2)cc1. The van der Waals surface area contributed by atoms with Crippen LogP contribution >= 0.6 is 0 Å². The van der Waals surface area contributed by atoms with E-state index >= 15 is 0 Å². The van der Waals surface area contributed by atoms with Crippen LogP contribution in [0.25, 0.3) is 0 Å². The summed E-state index contributed by atoms with van der Waals surface area (Å²) in [6, 6.07) is 11.7. The summed E-state index contributed by atoms with van der Waals surface area (Å²) in [6.45, 7) is 2.28. The maximum absolute atomic E-state index is 8.58. The highest BCUT2D eigenvalue weighted by molar-refractivity contribution is 5.26. The van der Waals surface area contributed by atoms with E-state index in [2.05, 4.69) is 49.4 Å². The standard InChI is InChI=1S/C30H43N/c1-2-3-5-8-26-16-20-29(21-17-26)30-22-18-28(19-23-30)15-14-27-12-10-25(11-13-27)9-6-4-7-24-31/h4,7,14-17,20-21,25,27-28,30H,2-3,5-6,8-13,18-19,22-23H2,1H3/b7-4?,15-14+. The molecule has 2 aliphatic carbocycles. The summed E-state index contributed by atoms with van der Waals surface area (Å²) in [4.78, 5) is 0. The fourth-order valence-electron chi connectivity index (χ4n) is 5.63. The predicted molar refractivity (Wildman–Crippen MR) is 133 cm³/mol. The van der Waals surface area contributed by atoms with Crippen molar-refractivity contribution in [2.75, 3.05) is 0 Å². The largest absolute Gasteiger partial charge is 0.193 e. The molecular formula is C30H43N. The molecule has 0 unspecified atom stereocenters. The van der Waals surface area contributed by atoms with Crippen molar-refractivity contribution in [2.45, 2.75) is 103 Å². The van der Waals surface area contributed by atoms with E-state index in [4.69, 9.17) is 5.26 Å². The van der Waals surface area contributed by atoms with Crippen LogP contribution in [0.2, 0.25) is 0 Å². The summed E-state index contributed by atoms with van der Waals surface area (Å²) < 4.78 is 0. The Morgan fingerprint density at radius 2 is 1.52 bits per heavy atom. The highest BCUT2D eigenvalue weighted by atomic mass is 14.3. The molecule has 0 saturated heterocycles. The van der Waals surface area contributed by atoms with Gasteiger partial charge in [-0.05, 0) is 112 Å². The molecule has 168 valence electrons. The third-order valence-electron chi connectivity index (χ3n) is 7.77. The first-order valence-corrected chi connectivity index (χ1v) is 13.1. The van der Waals surface area contributed by atoms with Gasteiger partial charge in [0.2, 0.25) is 0 Å². The van der Waals surface area contributed by atoms with Crippen LogP contribution in [0.1, 0.15) is 107 Å². The zero-order chi connectivity index (χ0) is 21.7. The summed E-state index contributed by atoms with van der Waals surface area (Å²) >= 11 is 0. The van der Waals surface area contributed by atoms with Gasteiger partial charge in [0.05, 0.1) is 6.07 Å². The molecule has 0 heterocycles. The first kappa shape index (κ1) is 23.8. The van der Waals surface area contributed by atoms with Gasteiger partial charge in [-0.3, -0.25) is 0 Å².